The van der Waals surface area contributed by atoms with E-state index in [1.165, 1.54) is 12.8 Å². The fourth-order valence-corrected chi connectivity index (χ4v) is 2.70. The molecule has 110 valence electrons. The van der Waals surface area contributed by atoms with Gasteiger partial charge in [-0.25, -0.2) is 15.8 Å². The van der Waals surface area contributed by atoms with Gasteiger partial charge in [0.15, 0.2) is 0 Å². The van der Waals surface area contributed by atoms with Crippen molar-refractivity contribution < 1.29 is 4.74 Å². The Hall–Kier alpha value is -1.40. The van der Waals surface area contributed by atoms with Gasteiger partial charge < -0.3 is 15.1 Å². The maximum Gasteiger partial charge on any atom is 0.148 e. The molecule has 1 aliphatic heterocycles. The summed E-state index contributed by atoms with van der Waals surface area (Å²) in [6.07, 6.45) is 2.36. The van der Waals surface area contributed by atoms with Crippen LogP contribution in [0.1, 0.15) is 44.0 Å². The van der Waals surface area contributed by atoms with Crippen molar-refractivity contribution in [2.45, 2.75) is 45.1 Å². The van der Waals surface area contributed by atoms with Crippen molar-refractivity contribution in [3.05, 3.63) is 11.4 Å². The number of hydrogen-bond acceptors (Lipinski definition) is 6. The third-order valence-corrected chi connectivity index (χ3v) is 4.12. The lowest BCUT2D eigenvalue weighted by Crippen LogP contribution is -2.54. The van der Waals surface area contributed by atoms with Crippen LogP contribution in [0.2, 0.25) is 0 Å². The van der Waals surface area contributed by atoms with E-state index in [1.54, 1.807) is 0 Å². The lowest BCUT2D eigenvalue weighted by atomic mass is 10.0. The van der Waals surface area contributed by atoms with E-state index in [0.29, 0.717) is 12.5 Å². The molecule has 0 amide bonds. The molecule has 2 heterocycles. The highest BCUT2D eigenvalue weighted by Crippen LogP contribution is 2.40. The van der Waals surface area contributed by atoms with Crippen LogP contribution >= 0.6 is 0 Å². The van der Waals surface area contributed by atoms with Gasteiger partial charge >= 0.3 is 0 Å². The summed E-state index contributed by atoms with van der Waals surface area (Å²) >= 11 is 0. The summed E-state index contributed by atoms with van der Waals surface area (Å²) in [4.78, 5) is 11.7. The zero-order valence-corrected chi connectivity index (χ0v) is 12.4. The zero-order valence-electron chi connectivity index (χ0n) is 12.4. The van der Waals surface area contributed by atoms with Crippen LogP contribution in [0.15, 0.2) is 0 Å². The van der Waals surface area contributed by atoms with E-state index in [9.17, 15) is 0 Å². The number of aromatic nitrogens is 2. The van der Waals surface area contributed by atoms with Crippen molar-refractivity contribution in [3.63, 3.8) is 0 Å². The molecule has 6 nitrogen and oxygen atoms in total. The molecule has 1 aromatic heterocycles. The molecule has 2 aliphatic rings. The summed E-state index contributed by atoms with van der Waals surface area (Å²) < 4.78 is 5.60. The second-order valence-corrected chi connectivity index (χ2v) is 6.31. The third kappa shape index (κ3) is 2.33. The fraction of sp³-hybridized carbons (Fsp3) is 0.714. The number of nitrogens with two attached hydrogens (primary N) is 1. The fourth-order valence-electron chi connectivity index (χ4n) is 2.70. The Labute approximate surface area is 119 Å². The van der Waals surface area contributed by atoms with Crippen LogP contribution in [0.5, 0.6) is 0 Å². The van der Waals surface area contributed by atoms with Crippen molar-refractivity contribution in [3.8, 4) is 0 Å². The first kappa shape index (κ1) is 13.6. The number of hydrazine groups is 1. The van der Waals surface area contributed by atoms with Gasteiger partial charge in [-0.1, -0.05) is 0 Å². The van der Waals surface area contributed by atoms with E-state index >= 15 is 0 Å². The van der Waals surface area contributed by atoms with E-state index in [-0.39, 0.29) is 5.54 Å². The van der Waals surface area contributed by atoms with Gasteiger partial charge in [-0.2, -0.15) is 0 Å². The van der Waals surface area contributed by atoms with E-state index in [4.69, 9.17) is 15.6 Å². The number of nitrogens with one attached hydrogen (secondary N) is 1. The highest BCUT2D eigenvalue weighted by Gasteiger charge is 2.35. The van der Waals surface area contributed by atoms with Gasteiger partial charge in [-0.05, 0) is 33.6 Å². The van der Waals surface area contributed by atoms with Crippen molar-refractivity contribution in [1.29, 1.82) is 0 Å². The Balaban J connectivity index is 2.04. The highest BCUT2D eigenvalue weighted by atomic mass is 16.5. The average Bonchev–Trinajstić information content (AvgIpc) is 3.23. The van der Waals surface area contributed by atoms with Crippen molar-refractivity contribution in [2.75, 3.05) is 30.1 Å². The van der Waals surface area contributed by atoms with E-state index in [2.05, 4.69) is 29.2 Å². The minimum atomic E-state index is -0.0654. The number of nitrogen functional groups attached to an aromatic ring is 1. The molecule has 1 saturated heterocycles. The SMILES string of the molecule is Cc1c(NN)nc(C2CC2)nc1N1CCOCC1(C)C. The molecule has 0 atom stereocenters. The maximum atomic E-state index is 5.62. The number of rotatable bonds is 3. The lowest BCUT2D eigenvalue weighted by Gasteiger charge is -2.43. The topological polar surface area (TPSA) is 76.3 Å². The Morgan fingerprint density at radius 2 is 2.10 bits per heavy atom. The first-order chi connectivity index (χ1) is 9.53. The van der Waals surface area contributed by atoms with E-state index in [1.807, 2.05) is 6.92 Å². The molecule has 0 unspecified atom stereocenters. The number of morpholine rings is 1. The number of ether oxygens (including phenoxy) is 1. The smallest absolute Gasteiger partial charge is 0.148 e. The molecule has 2 fully saturated rings. The molecule has 3 N–H and O–H groups in total. The monoisotopic (exact) mass is 277 g/mol. The molecule has 0 spiro atoms. The molecule has 1 saturated carbocycles. The Bertz CT molecular complexity index is 513. The molecule has 3 rings (SSSR count). The van der Waals surface area contributed by atoms with Crippen LogP contribution in [-0.2, 0) is 4.74 Å². The molecule has 6 heteroatoms. The van der Waals surface area contributed by atoms with Crippen molar-refractivity contribution >= 4 is 11.6 Å². The quantitative estimate of drug-likeness (QED) is 0.645. The maximum absolute atomic E-state index is 5.62. The predicted molar refractivity (Wildman–Crippen MR) is 78.8 cm³/mol. The van der Waals surface area contributed by atoms with Gasteiger partial charge in [0.25, 0.3) is 0 Å². The van der Waals surface area contributed by atoms with Gasteiger partial charge in [-0.15, -0.1) is 0 Å². The van der Waals surface area contributed by atoms with Crippen LogP contribution < -0.4 is 16.2 Å². The molecule has 1 aromatic rings. The summed E-state index contributed by atoms with van der Waals surface area (Å²) in [7, 11) is 0. The summed E-state index contributed by atoms with van der Waals surface area (Å²) in [5, 5.41) is 0. The molecule has 0 aromatic carbocycles. The lowest BCUT2D eigenvalue weighted by molar-refractivity contribution is 0.0638. The largest absolute Gasteiger partial charge is 0.377 e. The predicted octanol–water partition coefficient (Wildman–Crippen LogP) is 1.56. The summed E-state index contributed by atoms with van der Waals surface area (Å²) in [6.45, 7) is 8.67. The molecule has 0 bridgehead atoms. The number of nitrogens with zero attached hydrogens (tertiary/aromatic N) is 3. The normalized spacial score (nSPS) is 21.9. The minimum Gasteiger partial charge on any atom is -0.377 e. The number of hydrogen-bond donors (Lipinski definition) is 2. The van der Waals surface area contributed by atoms with Crippen LogP contribution in [-0.4, -0.2) is 35.3 Å². The Morgan fingerprint density at radius 3 is 2.70 bits per heavy atom. The molecule has 0 radical (unpaired) electrons. The molecule has 1 aliphatic carbocycles. The van der Waals surface area contributed by atoms with Crippen molar-refractivity contribution in [1.82, 2.24) is 9.97 Å². The highest BCUT2D eigenvalue weighted by molar-refractivity contribution is 5.60. The van der Waals surface area contributed by atoms with Crippen LogP contribution in [0.3, 0.4) is 0 Å². The van der Waals surface area contributed by atoms with E-state index in [0.717, 1.165) is 36.2 Å². The van der Waals surface area contributed by atoms with Crippen LogP contribution in [0.25, 0.3) is 0 Å². The van der Waals surface area contributed by atoms with Gasteiger partial charge in [0.1, 0.15) is 17.5 Å². The molecular formula is C14H23N5O. The Kier molecular flexibility index (Phi) is 3.30. The Morgan fingerprint density at radius 1 is 1.35 bits per heavy atom. The molecule has 20 heavy (non-hydrogen) atoms. The second-order valence-electron chi connectivity index (χ2n) is 6.31. The van der Waals surface area contributed by atoms with Gasteiger partial charge in [0.05, 0.1) is 18.8 Å². The first-order valence-electron chi connectivity index (χ1n) is 7.23. The van der Waals surface area contributed by atoms with Gasteiger partial charge in [-0.3, -0.25) is 0 Å². The zero-order chi connectivity index (χ0) is 14.3. The summed E-state index contributed by atoms with van der Waals surface area (Å²) in [5.74, 6) is 8.77. The van der Waals surface area contributed by atoms with Crippen molar-refractivity contribution in [2.24, 2.45) is 5.84 Å². The van der Waals surface area contributed by atoms with Gasteiger partial charge in [0, 0.05) is 18.0 Å². The summed E-state index contributed by atoms with van der Waals surface area (Å²) in [6, 6.07) is 0. The minimum absolute atomic E-state index is 0.0654. The van der Waals surface area contributed by atoms with Crippen LogP contribution in [0, 0.1) is 6.92 Å². The molecular weight excluding hydrogens is 254 g/mol. The van der Waals surface area contributed by atoms with E-state index < -0.39 is 0 Å². The average molecular weight is 277 g/mol. The van der Waals surface area contributed by atoms with Gasteiger partial charge in [0.2, 0.25) is 0 Å². The number of anilines is 2. The summed E-state index contributed by atoms with van der Waals surface area (Å²) in [5.41, 5.74) is 3.66. The first-order valence-corrected chi connectivity index (χ1v) is 7.23. The van der Waals surface area contributed by atoms with Crippen LogP contribution in [0.4, 0.5) is 11.6 Å². The second kappa shape index (κ2) is 4.86. The standard InChI is InChI=1S/C14H23N5O/c1-9-11(18-15)16-12(10-4-5-10)17-13(9)19-6-7-20-8-14(19,2)3/h10H,4-8,15H2,1-3H3,(H,16,17,18). The third-order valence-electron chi connectivity index (χ3n) is 4.12.